The van der Waals surface area contributed by atoms with Crippen LogP contribution in [0.15, 0.2) is 53.7 Å². The Bertz CT molecular complexity index is 675. The first-order chi connectivity index (χ1) is 11.7. The molecule has 2 heterocycles. The van der Waals surface area contributed by atoms with E-state index in [2.05, 4.69) is 20.2 Å². The first-order valence-corrected chi connectivity index (χ1v) is 8.44. The van der Waals surface area contributed by atoms with Crippen LogP contribution in [0, 0.1) is 0 Å². The second-order valence-electron chi connectivity index (χ2n) is 5.71. The minimum Gasteiger partial charge on any atom is -0.489 e. The first kappa shape index (κ1) is 16.6. The van der Waals surface area contributed by atoms with Crippen molar-refractivity contribution in [1.29, 1.82) is 0 Å². The lowest BCUT2D eigenvalue weighted by Crippen LogP contribution is -2.42. The molecule has 1 atom stereocenters. The number of halogens is 1. The Kier molecular flexibility index (Phi) is 5.54. The minimum absolute atomic E-state index is 0.0196. The van der Waals surface area contributed by atoms with Gasteiger partial charge in [-0.25, -0.2) is 0 Å². The summed E-state index contributed by atoms with van der Waals surface area (Å²) in [5.41, 5.74) is 1.04. The average Bonchev–Trinajstić information content (AvgIpc) is 3.03. The standard InChI is InChI=1S/C18H21ClN4O/c1-14(24-17-7-5-15(19)6-8-17)12-22-18-21-10-11-23(18)13-16-4-2-3-9-20-16/h2-9,14H,10-13H2,1H3,(H,21,22)/t14-/m0/s1. The van der Waals surface area contributed by atoms with Crippen LogP contribution in [0.4, 0.5) is 0 Å². The van der Waals surface area contributed by atoms with E-state index in [1.165, 1.54) is 0 Å². The lowest BCUT2D eigenvalue weighted by molar-refractivity contribution is 0.222. The van der Waals surface area contributed by atoms with Crippen LogP contribution in [0.5, 0.6) is 5.75 Å². The van der Waals surface area contributed by atoms with Crippen LogP contribution in [0.25, 0.3) is 0 Å². The van der Waals surface area contributed by atoms with Gasteiger partial charge in [-0.3, -0.25) is 9.98 Å². The number of pyridine rings is 1. The van der Waals surface area contributed by atoms with Gasteiger partial charge >= 0.3 is 0 Å². The molecule has 1 aromatic heterocycles. The van der Waals surface area contributed by atoms with Gasteiger partial charge in [-0.2, -0.15) is 0 Å². The van der Waals surface area contributed by atoms with Gasteiger partial charge in [-0.1, -0.05) is 17.7 Å². The Balaban J connectivity index is 1.49. The van der Waals surface area contributed by atoms with Crippen molar-refractivity contribution in [3.05, 3.63) is 59.4 Å². The zero-order chi connectivity index (χ0) is 16.8. The van der Waals surface area contributed by atoms with E-state index >= 15 is 0 Å². The molecule has 0 saturated carbocycles. The summed E-state index contributed by atoms with van der Waals surface area (Å²) in [5.74, 6) is 1.72. The molecule has 0 amide bonds. The molecule has 0 bridgehead atoms. The number of nitrogens with one attached hydrogen (secondary N) is 1. The molecule has 126 valence electrons. The normalized spacial score (nSPS) is 15.1. The number of hydrogen-bond donors (Lipinski definition) is 1. The van der Waals surface area contributed by atoms with E-state index in [0.717, 1.165) is 37.0 Å². The van der Waals surface area contributed by atoms with Gasteiger partial charge in [0.15, 0.2) is 5.96 Å². The van der Waals surface area contributed by atoms with Crippen molar-refractivity contribution in [2.75, 3.05) is 19.6 Å². The van der Waals surface area contributed by atoms with Crippen molar-refractivity contribution in [3.8, 4) is 5.75 Å². The summed E-state index contributed by atoms with van der Waals surface area (Å²) in [4.78, 5) is 11.1. The zero-order valence-corrected chi connectivity index (χ0v) is 14.4. The van der Waals surface area contributed by atoms with Crippen LogP contribution in [-0.2, 0) is 6.54 Å². The number of hydrogen-bond acceptors (Lipinski definition) is 5. The minimum atomic E-state index is 0.0196. The van der Waals surface area contributed by atoms with Gasteiger partial charge in [-0.05, 0) is 43.3 Å². The lowest BCUT2D eigenvalue weighted by atomic mass is 10.3. The van der Waals surface area contributed by atoms with Crippen molar-refractivity contribution in [2.45, 2.75) is 19.6 Å². The molecule has 0 fully saturated rings. The topological polar surface area (TPSA) is 49.8 Å². The highest BCUT2D eigenvalue weighted by molar-refractivity contribution is 6.30. The molecule has 1 aliphatic rings. The molecule has 1 aromatic carbocycles. The Labute approximate surface area is 147 Å². The molecule has 0 radical (unpaired) electrons. The Morgan fingerprint density at radius 1 is 1.25 bits per heavy atom. The number of benzene rings is 1. The maximum Gasteiger partial charge on any atom is 0.194 e. The number of ether oxygens (including phenoxy) is 1. The Morgan fingerprint density at radius 2 is 2.08 bits per heavy atom. The van der Waals surface area contributed by atoms with Crippen molar-refractivity contribution in [1.82, 2.24) is 15.2 Å². The van der Waals surface area contributed by atoms with Crippen LogP contribution in [-0.4, -0.2) is 41.6 Å². The largest absolute Gasteiger partial charge is 0.489 e. The second-order valence-corrected chi connectivity index (χ2v) is 6.15. The Hall–Kier alpha value is -2.27. The van der Waals surface area contributed by atoms with E-state index < -0.39 is 0 Å². The summed E-state index contributed by atoms with van der Waals surface area (Å²) in [6.07, 6.45) is 1.84. The van der Waals surface area contributed by atoms with E-state index in [1.54, 1.807) is 0 Å². The predicted octanol–water partition coefficient (Wildman–Crippen LogP) is 2.96. The Morgan fingerprint density at radius 3 is 2.83 bits per heavy atom. The molecule has 24 heavy (non-hydrogen) atoms. The van der Waals surface area contributed by atoms with Crippen LogP contribution < -0.4 is 10.1 Å². The fraction of sp³-hybridized carbons (Fsp3) is 0.333. The third-order valence-electron chi connectivity index (χ3n) is 3.71. The number of guanidine groups is 1. The monoisotopic (exact) mass is 344 g/mol. The van der Waals surface area contributed by atoms with E-state index in [-0.39, 0.29) is 6.10 Å². The fourth-order valence-corrected chi connectivity index (χ4v) is 2.64. The molecule has 5 nitrogen and oxygen atoms in total. The van der Waals surface area contributed by atoms with Crippen molar-refractivity contribution in [2.24, 2.45) is 4.99 Å². The molecule has 6 heteroatoms. The zero-order valence-electron chi connectivity index (χ0n) is 13.7. The maximum absolute atomic E-state index is 5.88. The van der Waals surface area contributed by atoms with Crippen LogP contribution in [0.1, 0.15) is 12.6 Å². The number of aromatic nitrogens is 1. The van der Waals surface area contributed by atoms with Gasteiger partial charge in [0, 0.05) is 17.8 Å². The smallest absolute Gasteiger partial charge is 0.194 e. The molecule has 0 unspecified atom stereocenters. The summed E-state index contributed by atoms with van der Waals surface area (Å²) in [7, 11) is 0. The van der Waals surface area contributed by atoms with Crippen LogP contribution >= 0.6 is 11.6 Å². The maximum atomic E-state index is 5.88. The third kappa shape index (κ3) is 4.61. The van der Waals surface area contributed by atoms with Gasteiger partial charge in [0.1, 0.15) is 11.9 Å². The van der Waals surface area contributed by atoms with Crippen molar-refractivity contribution >= 4 is 17.6 Å². The molecule has 0 saturated heterocycles. The highest BCUT2D eigenvalue weighted by Crippen LogP contribution is 2.16. The molecular weight excluding hydrogens is 324 g/mol. The molecule has 0 aliphatic carbocycles. The predicted molar refractivity (Wildman–Crippen MR) is 96.5 cm³/mol. The highest BCUT2D eigenvalue weighted by Gasteiger charge is 2.18. The SMILES string of the molecule is C[C@@H](CNC1=NCCN1Cc1ccccn1)Oc1ccc(Cl)cc1. The molecule has 2 aromatic rings. The molecule has 1 N–H and O–H groups in total. The van der Waals surface area contributed by atoms with E-state index in [0.29, 0.717) is 11.6 Å². The van der Waals surface area contributed by atoms with Gasteiger partial charge in [-0.15, -0.1) is 0 Å². The van der Waals surface area contributed by atoms with E-state index in [4.69, 9.17) is 16.3 Å². The quantitative estimate of drug-likeness (QED) is 0.875. The molecular formula is C18H21ClN4O. The average molecular weight is 345 g/mol. The third-order valence-corrected chi connectivity index (χ3v) is 3.96. The van der Waals surface area contributed by atoms with Crippen LogP contribution in [0.3, 0.4) is 0 Å². The van der Waals surface area contributed by atoms with Crippen molar-refractivity contribution < 1.29 is 4.74 Å². The van der Waals surface area contributed by atoms with Gasteiger partial charge < -0.3 is 15.0 Å². The highest BCUT2D eigenvalue weighted by atomic mass is 35.5. The molecule has 3 rings (SSSR count). The first-order valence-electron chi connectivity index (χ1n) is 8.06. The van der Waals surface area contributed by atoms with E-state index in [9.17, 15) is 0 Å². The summed E-state index contributed by atoms with van der Waals surface area (Å²) < 4.78 is 5.88. The summed E-state index contributed by atoms with van der Waals surface area (Å²) in [6, 6.07) is 13.4. The van der Waals surface area contributed by atoms with Crippen LogP contribution in [0.2, 0.25) is 5.02 Å². The molecule has 1 aliphatic heterocycles. The van der Waals surface area contributed by atoms with Crippen molar-refractivity contribution in [3.63, 3.8) is 0 Å². The van der Waals surface area contributed by atoms with Gasteiger partial charge in [0.25, 0.3) is 0 Å². The summed E-state index contributed by atoms with van der Waals surface area (Å²) in [5, 5.41) is 4.09. The summed E-state index contributed by atoms with van der Waals surface area (Å²) in [6.45, 7) is 5.19. The fourth-order valence-electron chi connectivity index (χ4n) is 2.51. The number of aliphatic imine (C=N–C) groups is 1. The van der Waals surface area contributed by atoms with Gasteiger partial charge in [0.05, 0.1) is 25.3 Å². The second kappa shape index (κ2) is 8.02. The number of rotatable bonds is 6. The number of nitrogens with zero attached hydrogens (tertiary/aromatic N) is 3. The molecule has 0 spiro atoms. The van der Waals surface area contributed by atoms with Gasteiger partial charge in [0.2, 0.25) is 0 Å². The lowest BCUT2D eigenvalue weighted by Gasteiger charge is -2.22. The summed E-state index contributed by atoms with van der Waals surface area (Å²) >= 11 is 5.88. The van der Waals surface area contributed by atoms with E-state index in [1.807, 2.05) is 55.6 Å².